The zero-order valence-electron chi connectivity index (χ0n) is 25.2. The highest BCUT2D eigenvalue weighted by Gasteiger charge is 2.27. The van der Waals surface area contributed by atoms with Gasteiger partial charge in [-0.15, -0.1) is 0 Å². The third kappa shape index (κ3) is 24.3. The SMILES string of the molecule is CCCCCCCCCCCCCC/C=C/C(O)C(COP(=O)(O)OCC[N+](C)(C)C)NC(=O)CCCC. The Morgan fingerprint density at radius 2 is 1.39 bits per heavy atom. The van der Waals surface area contributed by atoms with Gasteiger partial charge in [-0.05, 0) is 19.3 Å². The lowest BCUT2D eigenvalue weighted by Crippen LogP contribution is -2.45. The van der Waals surface area contributed by atoms with E-state index in [1.807, 2.05) is 34.1 Å². The molecule has 3 N–H and O–H groups in total. The molecular weight excluding hydrogens is 503 g/mol. The Bertz CT molecular complexity index is 653. The van der Waals surface area contributed by atoms with Gasteiger partial charge in [-0.1, -0.05) is 103 Å². The van der Waals surface area contributed by atoms with Crippen molar-refractivity contribution in [2.45, 2.75) is 129 Å². The minimum atomic E-state index is -4.29. The summed E-state index contributed by atoms with van der Waals surface area (Å²) < 4.78 is 23.0. The Labute approximate surface area is 233 Å². The molecule has 1 amide bonds. The highest BCUT2D eigenvalue weighted by atomic mass is 31.2. The third-order valence-corrected chi connectivity index (χ3v) is 7.49. The number of rotatable bonds is 26. The molecule has 0 aromatic carbocycles. The number of carbonyl (C=O) groups excluding carboxylic acids is 1. The molecule has 0 aliphatic carbocycles. The molecule has 38 heavy (non-hydrogen) atoms. The van der Waals surface area contributed by atoms with E-state index in [2.05, 4.69) is 12.2 Å². The molecule has 0 heterocycles. The minimum absolute atomic E-state index is 0.0618. The number of quaternary nitrogens is 1. The molecule has 226 valence electrons. The summed E-state index contributed by atoms with van der Waals surface area (Å²) in [7, 11) is 1.56. The standard InChI is InChI=1S/C29H59N2O6P/c1-6-8-10-11-12-13-14-15-16-17-18-19-20-21-22-28(32)27(30-29(33)23-9-7-2)26-37-38(34,35)36-25-24-31(3,4)5/h21-22,27-28,32H,6-20,23-26H2,1-5H3,(H-,30,33,34,35)/p+1/b22-21+. The summed E-state index contributed by atoms with van der Waals surface area (Å²) in [5.74, 6) is -0.215. The van der Waals surface area contributed by atoms with Gasteiger partial charge < -0.3 is 19.8 Å². The molecule has 0 aromatic rings. The number of unbranched alkanes of at least 4 members (excludes halogenated alkanes) is 13. The van der Waals surface area contributed by atoms with E-state index in [-0.39, 0.29) is 19.1 Å². The molecule has 3 unspecified atom stereocenters. The molecule has 0 fully saturated rings. The molecule has 8 nitrogen and oxygen atoms in total. The van der Waals surface area contributed by atoms with Crippen molar-refractivity contribution in [1.82, 2.24) is 5.32 Å². The summed E-state index contributed by atoms with van der Waals surface area (Å²) in [6.45, 7) is 4.53. The van der Waals surface area contributed by atoms with Crippen LogP contribution >= 0.6 is 7.82 Å². The van der Waals surface area contributed by atoms with Gasteiger partial charge in [0, 0.05) is 6.42 Å². The zero-order chi connectivity index (χ0) is 28.7. The van der Waals surface area contributed by atoms with Crippen LogP contribution in [0.3, 0.4) is 0 Å². The Morgan fingerprint density at radius 3 is 1.92 bits per heavy atom. The van der Waals surface area contributed by atoms with Crippen molar-refractivity contribution in [2.24, 2.45) is 0 Å². The third-order valence-electron chi connectivity index (χ3n) is 6.51. The van der Waals surface area contributed by atoms with E-state index >= 15 is 0 Å². The summed E-state index contributed by atoms with van der Waals surface area (Å²) in [6.07, 6.45) is 20.9. The molecule has 0 saturated heterocycles. The number of aliphatic hydroxyl groups is 1. The Hall–Kier alpha value is -0.760. The lowest BCUT2D eigenvalue weighted by atomic mass is 10.0. The molecule has 0 radical (unpaired) electrons. The van der Waals surface area contributed by atoms with Crippen LogP contribution in [0.1, 0.15) is 117 Å². The van der Waals surface area contributed by atoms with Crippen molar-refractivity contribution >= 4 is 13.7 Å². The molecule has 0 aliphatic rings. The van der Waals surface area contributed by atoms with Crippen molar-refractivity contribution in [3.8, 4) is 0 Å². The van der Waals surface area contributed by atoms with E-state index in [4.69, 9.17) is 9.05 Å². The predicted octanol–water partition coefficient (Wildman–Crippen LogP) is 6.51. The smallest absolute Gasteiger partial charge is 0.387 e. The maximum Gasteiger partial charge on any atom is 0.472 e. The van der Waals surface area contributed by atoms with Crippen LogP contribution in [0, 0.1) is 0 Å². The number of nitrogens with zero attached hydrogens (tertiary/aromatic N) is 1. The van der Waals surface area contributed by atoms with Gasteiger partial charge in [0.15, 0.2) is 0 Å². The van der Waals surface area contributed by atoms with Crippen LogP contribution in [0.5, 0.6) is 0 Å². The number of likely N-dealkylation sites (N-methyl/N-ethyl adjacent to an activating group) is 1. The molecule has 0 spiro atoms. The van der Waals surface area contributed by atoms with E-state index in [1.165, 1.54) is 64.2 Å². The topological polar surface area (TPSA) is 105 Å². The average molecular weight is 564 g/mol. The number of hydrogen-bond acceptors (Lipinski definition) is 5. The molecule has 0 bridgehead atoms. The second-order valence-corrected chi connectivity index (χ2v) is 12.9. The summed E-state index contributed by atoms with van der Waals surface area (Å²) >= 11 is 0. The van der Waals surface area contributed by atoms with E-state index in [1.54, 1.807) is 6.08 Å². The Morgan fingerprint density at radius 1 is 0.868 bits per heavy atom. The number of hydrogen-bond donors (Lipinski definition) is 3. The largest absolute Gasteiger partial charge is 0.472 e. The van der Waals surface area contributed by atoms with Gasteiger partial charge in [-0.2, -0.15) is 0 Å². The Balaban J connectivity index is 4.38. The van der Waals surface area contributed by atoms with Crippen molar-refractivity contribution in [2.75, 3.05) is 40.9 Å². The second-order valence-electron chi connectivity index (χ2n) is 11.5. The maximum absolute atomic E-state index is 12.3. The molecule has 0 aromatic heterocycles. The number of allylic oxidation sites excluding steroid dienone is 1. The number of phosphoric ester groups is 1. The first-order valence-electron chi connectivity index (χ1n) is 15.1. The number of aliphatic hydroxyl groups excluding tert-OH is 1. The van der Waals surface area contributed by atoms with Gasteiger partial charge in [-0.25, -0.2) is 4.57 Å². The van der Waals surface area contributed by atoms with Crippen molar-refractivity contribution in [1.29, 1.82) is 0 Å². The first kappa shape index (κ1) is 37.2. The van der Waals surface area contributed by atoms with Crippen LogP contribution in [0.15, 0.2) is 12.2 Å². The molecule has 3 atom stereocenters. The van der Waals surface area contributed by atoms with Gasteiger partial charge in [0.05, 0.1) is 39.9 Å². The highest BCUT2D eigenvalue weighted by molar-refractivity contribution is 7.47. The van der Waals surface area contributed by atoms with Crippen molar-refractivity contribution < 1.29 is 32.9 Å². The molecule has 9 heteroatoms. The van der Waals surface area contributed by atoms with Crippen molar-refractivity contribution in [3.05, 3.63) is 12.2 Å². The number of nitrogens with one attached hydrogen (secondary N) is 1. The average Bonchev–Trinajstić information content (AvgIpc) is 2.84. The summed E-state index contributed by atoms with van der Waals surface area (Å²) in [4.78, 5) is 22.3. The van der Waals surface area contributed by atoms with Gasteiger partial charge in [0.2, 0.25) is 5.91 Å². The van der Waals surface area contributed by atoms with Crippen molar-refractivity contribution in [3.63, 3.8) is 0 Å². The lowest BCUT2D eigenvalue weighted by Gasteiger charge is -2.25. The van der Waals surface area contributed by atoms with Crippen LogP contribution in [-0.4, -0.2) is 73.4 Å². The first-order chi connectivity index (χ1) is 18.0. The number of carbonyl (C=O) groups is 1. The van der Waals surface area contributed by atoms with Gasteiger partial charge in [0.25, 0.3) is 0 Å². The fourth-order valence-electron chi connectivity index (χ4n) is 3.96. The molecule has 0 rings (SSSR count). The molecular formula is C29H60N2O6P+. The van der Waals surface area contributed by atoms with E-state index in [0.29, 0.717) is 17.4 Å². The molecule has 0 aliphatic heterocycles. The zero-order valence-corrected chi connectivity index (χ0v) is 26.1. The highest BCUT2D eigenvalue weighted by Crippen LogP contribution is 2.43. The lowest BCUT2D eigenvalue weighted by molar-refractivity contribution is -0.870. The quantitative estimate of drug-likeness (QED) is 0.0480. The predicted molar refractivity (Wildman–Crippen MR) is 157 cm³/mol. The summed E-state index contributed by atoms with van der Waals surface area (Å²) in [5, 5.41) is 13.4. The Kier molecular flexibility index (Phi) is 22.5. The number of phosphoric acid groups is 1. The van der Waals surface area contributed by atoms with E-state index in [9.17, 15) is 19.4 Å². The van der Waals surface area contributed by atoms with Gasteiger partial charge >= 0.3 is 7.82 Å². The van der Waals surface area contributed by atoms with Gasteiger partial charge in [-0.3, -0.25) is 13.8 Å². The fourth-order valence-corrected chi connectivity index (χ4v) is 4.69. The van der Waals surface area contributed by atoms with Gasteiger partial charge in [0.1, 0.15) is 13.2 Å². The fraction of sp³-hybridized carbons (Fsp3) is 0.897. The van der Waals surface area contributed by atoms with Crippen LogP contribution in [0.2, 0.25) is 0 Å². The van der Waals surface area contributed by atoms with Crippen LogP contribution in [0.4, 0.5) is 0 Å². The van der Waals surface area contributed by atoms with E-state index in [0.717, 1.165) is 32.1 Å². The first-order valence-corrected chi connectivity index (χ1v) is 16.6. The van der Waals surface area contributed by atoms with Crippen LogP contribution in [-0.2, 0) is 18.4 Å². The summed E-state index contributed by atoms with van der Waals surface area (Å²) in [6, 6.07) is -0.833. The maximum atomic E-state index is 12.3. The van der Waals surface area contributed by atoms with Crippen LogP contribution < -0.4 is 5.32 Å². The van der Waals surface area contributed by atoms with Crippen LogP contribution in [0.25, 0.3) is 0 Å². The normalized spacial score (nSPS) is 15.4. The minimum Gasteiger partial charge on any atom is -0.387 e. The second kappa shape index (κ2) is 23.0. The van der Waals surface area contributed by atoms with E-state index < -0.39 is 20.0 Å². The molecule has 0 saturated carbocycles. The summed E-state index contributed by atoms with van der Waals surface area (Å²) in [5.41, 5.74) is 0. The number of amides is 1. The monoisotopic (exact) mass is 563 g/mol.